The molecule has 30 heavy (non-hydrogen) atoms. The summed E-state index contributed by atoms with van der Waals surface area (Å²) in [7, 11) is 0. The molecule has 0 saturated heterocycles. The van der Waals surface area contributed by atoms with Gasteiger partial charge in [0.15, 0.2) is 5.13 Å². The Labute approximate surface area is 184 Å². The number of benzene rings is 1. The van der Waals surface area contributed by atoms with Crippen LogP contribution in [0.3, 0.4) is 0 Å². The van der Waals surface area contributed by atoms with E-state index >= 15 is 0 Å². The first-order valence-electron chi connectivity index (χ1n) is 9.98. The maximum absolute atomic E-state index is 12.9. The van der Waals surface area contributed by atoms with Gasteiger partial charge in [0, 0.05) is 35.0 Å². The Morgan fingerprint density at radius 2 is 1.83 bits per heavy atom. The van der Waals surface area contributed by atoms with Crippen LogP contribution in [0.2, 0.25) is 5.02 Å². The lowest BCUT2D eigenvalue weighted by Gasteiger charge is -2.23. The van der Waals surface area contributed by atoms with Gasteiger partial charge >= 0.3 is 0 Å². The number of thiazole rings is 1. The molecule has 2 aromatic rings. The van der Waals surface area contributed by atoms with E-state index in [2.05, 4.69) is 15.6 Å². The van der Waals surface area contributed by atoms with Gasteiger partial charge in [-0.2, -0.15) is 0 Å². The number of carbonyl (C=O) groups excluding carboxylic acids is 3. The van der Waals surface area contributed by atoms with Gasteiger partial charge in [-0.05, 0) is 44.0 Å². The summed E-state index contributed by atoms with van der Waals surface area (Å²) in [5.41, 5.74) is 1.40. The molecule has 1 heterocycles. The van der Waals surface area contributed by atoms with E-state index in [-0.39, 0.29) is 43.1 Å². The highest BCUT2D eigenvalue weighted by atomic mass is 35.5. The minimum absolute atomic E-state index is 0.00575. The number of nitrogens with zero attached hydrogens (tertiary/aromatic N) is 2. The van der Waals surface area contributed by atoms with Crippen molar-refractivity contribution in [1.29, 1.82) is 0 Å². The summed E-state index contributed by atoms with van der Waals surface area (Å²) in [6.45, 7) is 1.75. The smallest absolute Gasteiger partial charge is 0.240 e. The Bertz CT molecular complexity index is 894. The van der Waals surface area contributed by atoms with Crippen LogP contribution in [0.25, 0.3) is 0 Å². The fourth-order valence-corrected chi connectivity index (χ4v) is 4.21. The number of halogens is 1. The van der Waals surface area contributed by atoms with Crippen molar-refractivity contribution in [2.75, 3.05) is 16.8 Å². The first-order chi connectivity index (χ1) is 14.4. The average molecular weight is 449 g/mol. The summed E-state index contributed by atoms with van der Waals surface area (Å²) in [6, 6.07) is 6.91. The van der Waals surface area contributed by atoms with Crippen molar-refractivity contribution in [3.63, 3.8) is 0 Å². The Balaban J connectivity index is 1.61. The summed E-state index contributed by atoms with van der Waals surface area (Å²) in [5, 5.41) is 8.58. The van der Waals surface area contributed by atoms with Crippen LogP contribution in [-0.4, -0.2) is 35.3 Å². The number of anilines is 2. The van der Waals surface area contributed by atoms with E-state index in [1.807, 2.05) is 12.3 Å². The standard InChI is InChI=1S/C21H25ClN4O3S/c1-14-13-30-21(23-14)25-18(27)10-11-20(29)26(17-8-6-15(22)7-9-17)12-19(28)24-16-4-2-3-5-16/h6-9,13,16H,2-5,10-12H2,1H3,(H,24,28)(H,23,25,27). The van der Waals surface area contributed by atoms with Crippen LogP contribution in [0.1, 0.15) is 44.2 Å². The zero-order valence-electron chi connectivity index (χ0n) is 16.8. The summed E-state index contributed by atoms with van der Waals surface area (Å²) in [5.74, 6) is -0.790. The Hall–Kier alpha value is -2.45. The van der Waals surface area contributed by atoms with Gasteiger partial charge in [0.2, 0.25) is 17.7 Å². The second-order valence-corrected chi connectivity index (χ2v) is 8.64. The van der Waals surface area contributed by atoms with Gasteiger partial charge in [0.1, 0.15) is 6.54 Å². The normalized spacial score (nSPS) is 13.8. The van der Waals surface area contributed by atoms with Gasteiger partial charge in [0.05, 0.1) is 5.69 Å². The van der Waals surface area contributed by atoms with Crippen LogP contribution in [0.4, 0.5) is 10.8 Å². The predicted molar refractivity (Wildman–Crippen MR) is 119 cm³/mol. The third-order valence-corrected chi connectivity index (χ3v) is 6.02. The molecular weight excluding hydrogens is 424 g/mol. The molecular formula is C21H25ClN4O3S. The summed E-state index contributed by atoms with van der Waals surface area (Å²) >= 11 is 7.29. The monoisotopic (exact) mass is 448 g/mol. The number of nitrogens with one attached hydrogen (secondary N) is 2. The van der Waals surface area contributed by atoms with Crippen molar-refractivity contribution in [1.82, 2.24) is 10.3 Å². The van der Waals surface area contributed by atoms with E-state index in [4.69, 9.17) is 11.6 Å². The fraction of sp³-hybridized carbons (Fsp3) is 0.429. The number of hydrogen-bond acceptors (Lipinski definition) is 5. The molecule has 3 amide bonds. The molecule has 0 unspecified atom stereocenters. The van der Waals surface area contributed by atoms with E-state index in [9.17, 15) is 14.4 Å². The SMILES string of the molecule is Cc1csc(NC(=O)CCC(=O)N(CC(=O)NC2CCCC2)c2ccc(Cl)cc2)n1. The van der Waals surface area contributed by atoms with Crippen molar-refractivity contribution in [2.24, 2.45) is 0 Å². The Kier molecular flexibility index (Phi) is 7.81. The van der Waals surface area contributed by atoms with Crippen LogP contribution < -0.4 is 15.5 Å². The predicted octanol–water partition coefficient (Wildman–Crippen LogP) is 3.92. The minimum atomic E-state index is -0.302. The quantitative estimate of drug-likeness (QED) is 0.640. The molecule has 2 N–H and O–H groups in total. The molecule has 9 heteroatoms. The highest BCUT2D eigenvalue weighted by molar-refractivity contribution is 7.13. The van der Waals surface area contributed by atoms with E-state index in [1.54, 1.807) is 24.3 Å². The van der Waals surface area contributed by atoms with Gasteiger partial charge < -0.3 is 15.5 Å². The maximum Gasteiger partial charge on any atom is 0.240 e. The van der Waals surface area contributed by atoms with Crippen LogP contribution in [-0.2, 0) is 14.4 Å². The molecule has 3 rings (SSSR count). The number of aromatic nitrogens is 1. The molecule has 0 spiro atoms. The molecule has 0 aliphatic heterocycles. The van der Waals surface area contributed by atoms with Gasteiger partial charge in [-0.25, -0.2) is 4.98 Å². The van der Waals surface area contributed by atoms with Gasteiger partial charge in [-0.3, -0.25) is 14.4 Å². The van der Waals surface area contributed by atoms with Crippen molar-refractivity contribution in [2.45, 2.75) is 51.5 Å². The molecule has 0 bridgehead atoms. The molecule has 1 aromatic heterocycles. The maximum atomic E-state index is 12.9. The van der Waals surface area contributed by atoms with Crippen LogP contribution >= 0.6 is 22.9 Å². The number of hydrogen-bond donors (Lipinski definition) is 2. The van der Waals surface area contributed by atoms with Crippen molar-refractivity contribution in [3.05, 3.63) is 40.4 Å². The van der Waals surface area contributed by atoms with Gasteiger partial charge in [0.25, 0.3) is 0 Å². The summed E-state index contributed by atoms with van der Waals surface area (Å²) in [4.78, 5) is 43.2. The van der Waals surface area contributed by atoms with Crippen LogP contribution in [0.5, 0.6) is 0 Å². The topological polar surface area (TPSA) is 91.4 Å². The van der Waals surface area contributed by atoms with Crippen molar-refractivity contribution in [3.8, 4) is 0 Å². The Morgan fingerprint density at radius 3 is 2.47 bits per heavy atom. The minimum Gasteiger partial charge on any atom is -0.352 e. The summed E-state index contributed by atoms with van der Waals surface area (Å²) < 4.78 is 0. The zero-order chi connectivity index (χ0) is 21.5. The number of amides is 3. The lowest BCUT2D eigenvalue weighted by atomic mass is 10.2. The molecule has 1 aliphatic rings. The average Bonchev–Trinajstić information content (AvgIpc) is 3.36. The molecule has 1 aliphatic carbocycles. The molecule has 0 atom stereocenters. The third kappa shape index (κ3) is 6.53. The fourth-order valence-electron chi connectivity index (χ4n) is 3.38. The molecule has 1 aromatic carbocycles. The second kappa shape index (κ2) is 10.5. The van der Waals surface area contributed by atoms with Crippen LogP contribution in [0.15, 0.2) is 29.6 Å². The van der Waals surface area contributed by atoms with E-state index in [0.717, 1.165) is 31.4 Å². The zero-order valence-corrected chi connectivity index (χ0v) is 18.4. The molecule has 0 radical (unpaired) electrons. The molecule has 1 fully saturated rings. The number of carbonyl (C=O) groups is 3. The first-order valence-corrected chi connectivity index (χ1v) is 11.2. The number of rotatable bonds is 8. The van der Waals surface area contributed by atoms with Crippen LogP contribution in [0, 0.1) is 6.92 Å². The second-order valence-electron chi connectivity index (χ2n) is 7.35. The van der Waals surface area contributed by atoms with Crippen molar-refractivity contribution >= 4 is 51.5 Å². The largest absolute Gasteiger partial charge is 0.352 e. The highest BCUT2D eigenvalue weighted by Gasteiger charge is 2.23. The molecule has 7 nitrogen and oxygen atoms in total. The van der Waals surface area contributed by atoms with Gasteiger partial charge in [-0.1, -0.05) is 24.4 Å². The summed E-state index contributed by atoms with van der Waals surface area (Å²) in [6.07, 6.45) is 4.15. The van der Waals surface area contributed by atoms with E-state index in [0.29, 0.717) is 15.8 Å². The highest BCUT2D eigenvalue weighted by Crippen LogP contribution is 2.21. The number of aryl methyl sites for hydroxylation is 1. The molecule has 1 saturated carbocycles. The third-order valence-electron chi connectivity index (χ3n) is 4.89. The van der Waals surface area contributed by atoms with E-state index < -0.39 is 0 Å². The lowest BCUT2D eigenvalue weighted by Crippen LogP contribution is -2.43. The first kappa shape index (κ1) is 22.2. The lowest BCUT2D eigenvalue weighted by molar-refractivity contribution is -0.125. The van der Waals surface area contributed by atoms with E-state index in [1.165, 1.54) is 16.2 Å². The van der Waals surface area contributed by atoms with Gasteiger partial charge in [-0.15, -0.1) is 11.3 Å². The molecule has 160 valence electrons. The Morgan fingerprint density at radius 1 is 1.13 bits per heavy atom. The van der Waals surface area contributed by atoms with Crippen molar-refractivity contribution < 1.29 is 14.4 Å².